The quantitative estimate of drug-likeness (QED) is 0.571. The standard InChI is InChI=1S/C14H17N3O.C2H2/c18-13-17(11-14-5-2-1-3-6-14)9-4-8-16-10-7-15-12-16;1-2/h1-3,5-7,10,12-13H,4,8-9,11H2;1-2H. The summed E-state index contributed by atoms with van der Waals surface area (Å²) in [5.74, 6) is 0. The summed E-state index contributed by atoms with van der Waals surface area (Å²) in [5.41, 5.74) is 1.16. The molecule has 0 radical (unpaired) electrons. The van der Waals surface area contributed by atoms with Crippen molar-refractivity contribution in [3.63, 3.8) is 0 Å². The van der Waals surface area contributed by atoms with Crippen LogP contribution in [0.3, 0.4) is 0 Å². The Morgan fingerprint density at radius 1 is 1.25 bits per heavy atom. The number of hydrogen-bond donors (Lipinski definition) is 0. The zero-order chi connectivity index (χ0) is 14.6. The molecule has 0 aliphatic rings. The first kappa shape index (κ1) is 15.5. The SMILES string of the molecule is C#C.O=CN(CCCn1ccnc1)Cc1ccccc1. The lowest BCUT2D eigenvalue weighted by atomic mass is 10.2. The third-order valence-electron chi connectivity index (χ3n) is 2.80. The number of carbonyl (C=O) groups excluding carboxylic acids is 1. The fraction of sp³-hybridized carbons (Fsp3) is 0.250. The van der Waals surface area contributed by atoms with Crippen molar-refractivity contribution >= 4 is 6.41 Å². The summed E-state index contributed by atoms with van der Waals surface area (Å²) in [6, 6.07) is 10.0. The second-order valence-electron chi connectivity index (χ2n) is 4.22. The molecule has 1 heterocycles. The molecule has 4 nitrogen and oxygen atoms in total. The summed E-state index contributed by atoms with van der Waals surface area (Å²) >= 11 is 0. The van der Waals surface area contributed by atoms with Crippen LogP contribution in [0.15, 0.2) is 49.1 Å². The molecule has 0 saturated heterocycles. The molecule has 1 aromatic carbocycles. The van der Waals surface area contributed by atoms with Crippen molar-refractivity contribution in [3.05, 3.63) is 54.6 Å². The van der Waals surface area contributed by atoms with E-state index in [9.17, 15) is 4.79 Å². The largest absolute Gasteiger partial charge is 0.341 e. The van der Waals surface area contributed by atoms with E-state index in [1.165, 1.54) is 0 Å². The highest BCUT2D eigenvalue weighted by Crippen LogP contribution is 2.03. The number of rotatable bonds is 7. The molecular formula is C16H19N3O. The van der Waals surface area contributed by atoms with Crippen LogP contribution in [-0.4, -0.2) is 27.4 Å². The summed E-state index contributed by atoms with van der Waals surface area (Å²) in [7, 11) is 0. The Morgan fingerprint density at radius 2 is 2.00 bits per heavy atom. The van der Waals surface area contributed by atoms with Crippen LogP contribution < -0.4 is 0 Å². The Bertz CT molecular complexity index is 491. The molecule has 0 fully saturated rings. The summed E-state index contributed by atoms with van der Waals surface area (Å²) < 4.78 is 2.02. The smallest absolute Gasteiger partial charge is 0.210 e. The first-order valence-corrected chi connectivity index (χ1v) is 6.41. The van der Waals surface area contributed by atoms with Gasteiger partial charge in [0.15, 0.2) is 0 Å². The number of nitrogens with zero attached hydrogens (tertiary/aromatic N) is 3. The van der Waals surface area contributed by atoms with Gasteiger partial charge in [-0.15, -0.1) is 12.8 Å². The highest BCUT2D eigenvalue weighted by Gasteiger charge is 2.02. The summed E-state index contributed by atoms with van der Waals surface area (Å²) in [4.78, 5) is 16.8. The molecule has 4 heteroatoms. The minimum Gasteiger partial charge on any atom is -0.341 e. The van der Waals surface area contributed by atoms with E-state index in [4.69, 9.17) is 0 Å². The van der Waals surface area contributed by atoms with E-state index in [2.05, 4.69) is 17.8 Å². The number of amides is 1. The minimum absolute atomic E-state index is 0.675. The van der Waals surface area contributed by atoms with Gasteiger partial charge in [-0.2, -0.15) is 0 Å². The normalized spacial score (nSPS) is 9.30. The van der Waals surface area contributed by atoms with Crippen LogP contribution in [-0.2, 0) is 17.9 Å². The maximum absolute atomic E-state index is 11.0. The van der Waals surface area contributed by atoms with Crippen molar-refractivity contribution < 1.29 is 4.79 Å². The van der Waals surface area contributed by atoms with Crippen LogP contribution >= 0.6 is 0 Å². The molecule has 0 atom stereocenters. The zero-order valence-electron chi connectivity index (χ0n) is 11.4. The number of carbonyl (C=O) groups is 1. The average Bonchev–Trinajstić information content (AvgIpc) is 3.02. The van der Waals surface area contributed by atoms with Gasteiger partial charge in [0.2, 0.25) is 6.41 Å². The van der Waals surface area contributed by atoms with E-state index in [1.54, 1.807) is 17.4 Å². The fourth-order valence-electron chi connectivity index (χ4n) is 1.86. The number of terminal acetylenes is 1. The van der Waals surface area contributed by atoms with Crippen LogP contribution in [0.5, 0.6) is 0 Å². The third kappa shape index (κ3) is 5.40. The monoisotopic (exact) mass is 269 g/mol. The Hall–Kier alpha value is -2.54. The molecule has 0 N–H and O–H groups in total. The molecule has 0 aliphatic heterocycles. The van der Waals surface area contributed by atoms with Gasteiger partial charge >= 0.3 is 0 Å². The van der Waals surface area contributed by atoms with E-state index in [0.717, 1.165) is 31.5 Å². The zero-order valence-corrected chi connectivity index (χ0v) is 11.4. The van der Waals surface area contributed by atoms with Crippen molar-refractivity contribution in [2.24, 2.45) is 0 Å². The van der Waals surface area contributed by atoms with E-state index < -0.39 is 0 Å². The molecule has 0 spiro atoms. The fourth-order valence-corrected chi connectivity index (χ4v) is 1.86. The maximum atomic E-state index is 11.0. The molecule has 1 amide bonds. The summed E-state index contributed by atoms with van der Waals surface area (Å²) in [6.07, 6.45) is 15.3. The van der Waals surface area contributed by atoms with Crippen molar-refractivity contribution in [3.8, 4) is 12.8 Å². The Labute approximate surface area is 120 Å². The minimum atomic E-state index is 0.675. The van der Waals surface area contributed by atoms with Gasteiger partial charge < -0.3 is 9.47 Å². The second kappa shape index (κ2) is 9.40. The predicted octanol–water partition coefficient (Wildman–Crippen LogP) is 2.18. The van der Waals surface area contributed by atoms with E-state index in [0.29, 0.717) is 6.54 Å². The van der Waals surface area contributed by atoms with Crippen LogP contribution in [0.25, 0.3) is 0 Å². The van der Waals surface area contributed by atoms with E-state index in [-0.39, 0.29) is 0 Å². The molecule has 2 rings (SSSR count). The number of benzene rings is 1. The summed E-state index contributed by atoms with van der Waals surface area (Å²) in [5, 5.41) is 0. The van der Waals surface area contributed by atoms with E-state index >= 15 is 0 Å². The Balaban J connectivity index is 0.000000956. The number of imidazole rings is 1. The van der Waals surface area contributed by atoms with Crippen molar-refractivity contribution in [2.45, 2.75) is 19.5 Å². The first-order chi connectivity index (χ1) is 9.88. The molecule has 0 aliphatic carbocycles. The van der Waals surface area contributed by atoms with Gasteiger partial charge in [0.05, 0.1) is 6.33 Å². The Morgan fingerprint density at radius 3 is 2.60 bits per heavy atom. The molecule has 2 aromatic rings. The first-order valence-electron chi connectivity index (χ1n) is 6.41. The molecule has 0 unspecified atom stereocenters. The van der Waals surface area contributed by atoms with Crippen molar-refractivity contribution in [2.75, 3.05) is 6.54 Å². The lowest BCUT2D eigenvalue weighted by Gasteiger charge is -2.17. The molecule has 0 saturated carbocycles. The second-order valence-corrected chi connectivity index (χ2v) is 4.22. The van der Waals surface area contributed by atoms with Gasteiger partial charge in [-0.25, -0.2) is 4.98 Å². The number of hydrogen-bond acceptors (Lipinski definition) is 2. The highest BCUT2D eigenvalue weighted by atomic mass is 16.1. The predicted molar refractivity (Wildman–Crippen MR) is 79.7 cm³/mol. The third-order valence-corrected chi connectivity index (χ3v) is 2.80. The van der Waals surface area contributed by atoms with Gasteiger partial charge in [-0.05, 0) is 12.0 Å². The highest BCUT2D eigenvalue weighted by molar-refractivity contribution is 5.47. The summed E-state index contributed by atoms with van der Waals surface area (Å²) in [6.45, 7) is 2.32. The lowest BCUT2D eigenvalue weighted by molar-refractivity contribution is -0.118. The van der Waals surface area contributed by atoms with Gasteiger partial charge in [0.25, 0.3) is 0 Å². The van der Waals surface area contributed by atoms with Crippen molar-refractivity contribution in [1.82, 2.24) is 14.5 Å². The van der Waals surface area contributed by atoms with Crippen molar-refractivity contribution in [1.29, 1.82) is 0 Å². The topological polar surface area (TPSA) is 38.1 Å². The van der Waals surface area contributed by atoms with Gasteiger partial charge in [0, 0.05) is 32.0 Å². The molecule has 20 heavy (non-hydrogen) atoms. The average molecular weight is 269 g/mol. The Kier molecular flexibility index (Phi) is 7.29. The molecule has 0 bridgehead atoms. The maximum Gasteiger partial charge on any atom is 0.210 e. The van der Waals surface area contributed by atoms with Crippen LogP contribution in [0.4, 0.5) is 0 Å². The van der Waals surface area contributed by atoms with Gasteiger partial charge in [-0.3, -0.25) is 4.79 Å². The number of aryl methyl sites for hydroxylation is 1. The van der Waals surface area contributed by atoms with Crippen LogP contribution in [0.1, 0.15) is 12.0 Å². The molecule has 1 aromatic heterocycles. The number of aromatic nitrogens is 2. The van der Waals surface area contributed by atoms with E-state index in [1.807, 2.05) is 41.1 Å². The lowest BCUT2D eigenvalue weighted by Crippen LogP contribution is -2.23. The van der Waals surface area contributed by atoms with Gasteiger partial charge in [-0.1, -0.05) is 30.3 Å². The van der Waals surface area contributed by atoms with Gasteiger partial charge in [0.1, 0.15) is 0 Å². The molecule has 104 valence electrons. The van der Waals surface area contributed by atoms with Crippen LogP contribution in [0.2, 0.25) is 0 Å². The van der Waals surface area contributed by atoms with Crippen LogP contribution in [0, 0.1) is 12.8 Å². The molecular weight excluding hydrogens is 250 g/mol.